The highest BCUT2D eigenvalue weighted by Gasteiger charge is 2.13. The van der Waals surface area contributed by atoms with Gasteiger partial charge in [-0.2, -0.15) is 0 Å². The van der Waals surface area contributed by atoms with Crippen LogP contribution in [0.15, 0.2) is 18.2 Å². The Morgan fingerprint density at radius 2 is 2.21 bits per heavy atom. The lowest BCUT2D eigenvalue weighted by atomic mass is 10.2. The number of nitrogens with zero attached hydrogens (tertiary/aromatic N) is 1. The summed E-state index contributed by atoms with van der Waals surface area (Å²) in [6, 6.07) is 4.28. The number of nitrogens with one attached hydrogen (secondary N) is 1. The van der Waals surface area contributed by atoms with Gasteiger partial charge in [-0.25, -0.2) is 0 Å². The summed E-state index contributed by atoms with van der Waals surface area (Å²) in [6.45, 7) is 0. The molecule has 0 spiro atoms. The quantitative estimate of drug-likeness (QED) is 0.454. The molecule has 1 aromatic rings. The van der Waals surface area contributed by atoms with Crippen LogP contribution in [-0.4, -0.2) is 12.0 Å². The zero-order valence-electron chi connectivity index (χ0n) is 7.39. The maximum Gasteiger partial charge on any atom is 0.311 e. The van der Waals surface area contributed by atoms with E-state index in [1.807, 2.05) is 0 Å². The largest absolute Gasteiger partial charge is 0.490 e. The second-order valence-corrected chi connectivity index (χ2v) is 2.29. The third-order valence-corrected chi connectivity index (χ3v) is 1.54. The van der Waals surface area contributed by atoms with Crippen molar-refractivity contribution in [2.24, 2.45) is 5.84 Å². The van der Waals surface area contributed by atoms with Crippen LogP contribution in [0.2, 0.25) is 0 Å². The molecule has 0 radical (unpaired) electrons. The molecule has 1 rings (SSSR count). The molecule has 0 saturated heterocycles. The van der Waals surface area contributed by atoms with Gasteiger partial charge in [0.15, 0.2) is 5.75 Å². The van der Waals surface area contributed by atoms with Crippen molar-refractivity contribution in [2.45, 2.75) is 0 Å². The van der Waals surface area contributed by atoms with Crippen LogP contribution < -0.4 is 16.0 Å². The van der Waals surface area contributed by atoms with Gasteiger partial charge in [-0.1, -0.05) is 0 Å². The minimum absolute atomic E-state index is 0. The van der Waals surface area contributed by atoms with Crippen molar-refractivity contribution in [1.82, 2.24) is 0 Å². The summed E-state index contributed by atoms with van der Waals surface area (Å²) in [7, 11) is 1.36. The second-order valence-electron chi connectivity index (χ2n) is 2.29. The monoisotopic (exact) mass is 219 g/mol. The van der Waals surface area contributed by atoms with E-state index in [0.29, 0.717) is 5.69 Å². The van der Waals surface area contributed by atoms with Crippen LogP contribution in [-0.2, 0) is 0 Å². The standard InChI is InChI=1S/C7H9N3O3.ClH/c1-13-7-4-5(9-8)2-3-6(7)10(11)12;/h2-4,9H,8H2,1H3;1H. The molecule has 0 aliphatic rings. The lowest BCUT2D eigenvalue weighted by Crippen LogP contribution is -2.06. The zero-order chi connectivity index (χ0) is 9.84. The highest BCUT2D eigenvalue weighted by Crippen LogP contribution is 2.28. The summed E-state index contributed by atoms with van der Waals surface area (Å²) in [4.78, 5) is 9.94. The topological polar surface area (TPSA) is 90.4 Å². The summed E-state index contributed by atoms with van der Waals surface area (Å²) in [5, 5.41) is 10.5. The van der Waals surface area contributed by atoms with Gasteiger partial charge < -0.3 is 10.2 Å². The minimum atomic E-state index is -0.515. The average Bonchev–Trinajstić information content (AvgIpc) is 2.16. The molecule has 6 nitrogen and oxygen atoms in total. The first-order valence-electron chi connectivity index (χ1n) is 3.48. The summed E-state index contributed by atoms with van der Waals surface area (Å²) in [6.07, 6.45) is 0. The molecule has 0 saturated carbocycles. The van der Waals surface area contributed by atoms with Crippen molar-refractivity contribution in [3.63, 3.8) is 0 Å². The first kappa shape index (κ1) is 12.5. The van der Waals surface area contributed by atoms with Crippen LogP contribution in [0.1, 0.15) is 0 Å². The molecular weight excluding hydrogens is 210 g/mol. The molecule has 0 aliphatic heterocycles. The van der Waals surface area contributed by atoms with E-state index in [0.717, 1.165) is 0 Å². The Morgan fingerprint density at radius 1 is 1.57 bits per heavy atom. The zero-order valence-corrected chi connectivity index (χ0v) is 8.21. The number of nitrogens with two attached hydrogens (primary N) is 1. The number of hydrogen-bond donors (Lipinski definition) is 2. The number of nitro benzene ring substituents is 1. The summed E-state index contributed by atoms with van der Waals surface area (Å²) >= 11 is 0. The predicted octanol–water partition coefficient (Wildman–Crippen LogP) is 1.31. The molecule has 0 amide bonds. The van der Waals surface area contributed by atoms with E-state index in [1.54, 1.807) is 0 Å². The molecular formula is C7H10ClN3O3. The lowest BCUT2D eigenvalue weighted by molar-refractivity contribution is -0.385. The molecule has 0 aliphatic carbocycles. The summed E-state index contributed by atoms with van der Waals surface area (Å²) in [5.41, 5.74) is 2.84. The number of hydrazine groups is 1. The van der Waals surface area contributed by atoms with Gasteiger partial charge in [-0.3, -0.25) is 16.0 Å². The smallest absolute Gasteiger partial charge is 0.311 e. The number of anilines is 1. The van der Waals surface area contributed by atoms with Gasteiger partial charge >= 0.3 is 5.69 Å². The molecule has 0 aromatic heterocycles. The molecule has 14 heavy (non-hydrogen) atoms. The first-order valence-corrected chi connectivity index (χ1v) is 3.48. The lowest BCUT2D eigenvalue weighted by Gasteiger charge is -2.03. The van der Waals surface area contributed by atoms with Crippen molar-refractivity contribution in [3.8, 4) is 5.75 Å². The number of methoxy groups -OCH3 is 1. The van der Waals surface area contributed by atoms with Crippen LogP contribution in [0, 0.1) is 10.1 Å². The van der Waals surface area contributed by atoms with E-state index in [2.05, 4.69) is 5.43 Å². The molecule has 0 fully saturated rings. The Labute approximate surface area is 86.6 Å². The van der Waals surface area contributed by atoms with Gasteiger partial charge in [0.05, 0.1) is 17.7 Å². The maximum absolute atomic E-state index is 10.5. The predicted molar refractivity (Wildman–Crippen MR) is 54.7 cm³/mol. The van der Waals surface area contributed by atoms with Crippen LogP contribution in [0.5, 0.6) is 5.75 Å². The van der Waals surface area contributed by atoms with Gasteiger partial charge in [0, 0.05) is 12.1 Å². The second kappa shape index (κ2) is 5.25. The van der Waals surface area contributed by atoms with Gasteiger partial charge in [-0.05, 0) is 6.07 Å². The van der Waals surface area contributed by atoms with E-state index < -0.39 is 4.92 Å². The Kier molecular flexibility index (Phi) is 4.68. The summed E-state index contributed by atoms with van der Waals surface area (Å²) in [5.74, 6) is 5.31. The molecule has 1 aromatic carbocycles. The normalized spacial score (nSPS) is 8.71. The van der Waals surface area contributed by atoms with Gasteiger partial charge in [-0.15, -0.1) is 12.4 Å². The summed E-state index contributed by atoms with van der Waals surface area (Å²) < 4.78 is 4.81. The molecule has 0 atom stereocenters. The van der Waals surface area contributed by atoms with Crippen molar-refractivity contribution in [2.75, 3.05) is 12.5 Å². The Morgan fingerprint density at radius 3 is 2.64 bits per heavy atom. The fraction of sp³-hybridized carbons (Fsp3) is 0.143. The minimum Gasteiger partial charge on any atom is -0.490 e. The molecule has 0 heterocycles. The highest BCUT2D eigenvalue weighted by atomic mass is 35.5. The molecule has 0 unspecified atom stereocenters. The number of halogens is 1. The van der Waals surface area contributed by atoms with Crippen molar-refractivity contribution in [1.29, 1.82) is 0 Å². The number of nitrogen functional groups attached to an aromatic ring is 1. The van der Waals surface area contributed by atoms with Crippen molar-refractivity contribution in [3.05, 3.63) is 28.3 Å². The fourth-order valence-corrected chi connectivity index (χ4v) is 0.918. The molecule has 7 heteroatoms. The van der Waals surface area contributed by atoms with Crippen LogP contribution in [0.4, 0.5) is 11.4 Å². The molecule has 0 bridgehead atoms. The van der Waals surface area contributed by atoms with E-state index in [4.69, 9.17) is 10.6 Å². The van der Waals surface area contributed by atoms with Gasteiger partial charge in [0.1, 0.15) is 0 Å². The van der Waals surface area contributed by atoms with E-state index in [1.165, 1.54) is 25.3 Å². The fourth-order valence-electron chi connectivity index (χ4n) is 0.918. The Bertz CT molecular complexity index is 332. The van der Waals surface area contributed by atoms with Crippen molar-refractivity contribution >= 4 is 23.8 Å². The first-order chi connectivity index (χ1) is 6.19. The number of ether oxygens (including phenoxy) is 1. The number of benzene rings is 1. The number of hydrogen-bond acceptors (Lipinski definition) is 5. The van der Waals surface area contributed by atoms with Crippen LogP contribution >= 0.6 is 12.4 Å². The molecule has 3 N–H and O–H groups in total. The number of rotatable bonds is 3. The SMILES string of the molecule is COc1cc(NN)ccc1[N+](=O)[O-].Cl. The van der Waals surface area contributed by atoms with Crippen LogP contribution in [0.25, 0.3) is 0 Å². The Balaban J connectivity index is 0.00000169. The molecule has 78 valence electrons. The van der Waals surface area contributed by atoms with E-state index in [9.17, 15) is 10.1 Å². The average molecular weight is 220 g/mol. The van der Waals surface area contributed by atoms with Gasteiger partial charge in [0.2, 0.25) is 0 Å². The third-order valence-electron chi connectivity index (χ3n) is 1.54. The van der Waals surface area contributed by atoms with E-state index in [-0.39, 0.29) is 23.8 Å². The maximum atomic E-state index is 10.5. The third kappa shape index (κ3) is 2.48. The Hall–Kier alpha value is -1.53. The van der Waals surface area contributed by atoms with Crippen LogP contribution in [0.3, 0.4) is 0 Å². The van der Waals surface area contributed by atoms with Gasteiger partial charge in [0.25, 0.3) is 0 Å². The van der Waals surface area contributed by atoms with Crippen molar-refractivity contribution < 1.29 is 9.66 Å². The number of nitro groups is 1. The highest BCUT2D eigenvalue weighted by molar-refractivity contribution is 5.85. The van der Waals surface area contributed by atoms with E-state index >= 15 is 0 Å².